The number of β-amino-alcohol motifs (C(OH)–C–C–N with tert-alkyl or cyclic N) is 1. The summed E-state index contributed by atoms with van der Waals surface area (Å²) in [5.74, 6) is -0.155. The Balaban J connectivity index is 2.24. The van der Waals surface area contributed by atoms with Crippen LogP contribution in [0.2, 0.25) is 0 Å². The van der Waals surface area contributed by atoms with Gasteiger partial charge >= 0.3 is 6.18 Å². The molecule has 1 aliphatic rings. The van der Waals surface area contributed by atoms with Crippen molar-refractivity contribution in [2.24, 2.45) is 5.92 Å². The van der Waals surface area contributed by atoms with Crippen molar-refractivity contribution in [2.75, 3.05) is 13.1 Å². The third-order valence-electron chi connectivity index (χ3n) is 3.82. The number of benzene rings is 1. The van der Waals surface area contributed by atoms with Crippen LogP contribution in [-0.2, 0) is 12.6 Å². The topological polar surface area (TPSA) is 32.3 Å². The van der Waals surface area contributed by atoms with E-state index in [0.29, 0.717) is 13.0 Å². The summed E-state index contributed by atoms with van der Waals surface area (Å²) in [6.07, 6.45) is -3.40. The molecule has 2 unspecified atom stereocenters. The third kappa shape index (κ3) is 3.28. The molecule has 1 fully saturated rings. The quantitative estimate of drug-likeness (QED) is 0.868. The van der Waals surface area contributed by atoms with Gasteiger partial charge in [0.05, 0.1) is 11.2 Å². The van der Waals surface area contributed by atoms with Crippen LogP contribution < -0.4 is 5.32 Å². The average molecular weight is 273 g/mol. The highest BCUT2D eigenvalue weighted by Gasteiger charge is 2.37. The van der Waals surface area contributed by atoms with Crippen molar-refractivity contribution < 1.29 is 18.3 Å². The molecule has 5 heteroatoms. The first-order valence-corrected chi connectivity index (χ1v) is 6.39. The van der Waals surface area contributed by atoms with E-state index in [-0.39, 0.29) is 17.9 Å². The number of piperidine rings is 1. The predicted molar refractivity (Wildman–Crippen MR) is 66.7 cm³/mol. The van der Waals surface area contributed by atoms with Gasteiger partial charge in [0.2, 0.25) is 0 Å². The van der Waals surface area contributed by atoms with Gasteiger partial charge in [0.25, 0.3) is 0 Å². The summed E-state index contributed by atoms with van der Waals surface area (Å²) < 4.78 is 38.8. The molecule has 0 aliphatic carbocycles. The van der Waals surface area contributed by atoms with Crippen molar-refractivity contribution in [1.29, 1.82) is 0 Å². The number of aliphatic hydroxyl groups is 1. The lowest BCUT2D eigenvalue weighted by Crippen LogP contribution is -2.50. The molecule has 1 saturated heterocycles. The Morgan fingerprint density at radius 2 is 2.05 bits per heavy atom. The molecule has 1 heterocycles. The molecular formula is C14H18F3NO. The molecular weight excluding hydrogens is 255 g/mol. The molecule has 2 rings (SSSR count). The van der Waals surface area contributed by atoms with Crippen LogP contribution in [0.4, 0.5) is 13.2 Å². The van der Waals surface area contributed by atoms with Crippen LogP contribution >= 0.6 is 0 Å². The summed E-state index contributed by atoms with van der Waals surface area (Å²) in [6.45, 7) is 2.83. The third-order valence-corrected chi connectivity index (χ3v) is 3.82. The largest absolute Gasteiger partial charge is 0.416 e. The number of halogens is 3. The van der Waals surface area contributed by atoms with Crippen LogP contribution in [0, 0.1) is 5.92 Å². The van der Waals surface area contributed by atoms with E-state index < -0.39 is 17.3 Å². The Labute approximate surface area is 110 Å². The summed E-state index contributed by atoms with van der Waals surface area (Å²) in [6, 6.07) is 5.61. The molecule has 0 saturated carbocycles. The summed E-state index contributed by atoms with van der Waals surface area (Å²) in [7, 11) is 0. The van der Waals surface area contributed by atoms with Crippen LogP contribution in [0.3, 0.4) is 0 Å². The molecule has 1 aliphatic heterocycles. The zero-order valence-corrected chi connectivity index (χ0v) is 10.8. The van der Waals surface area contributed by atoms with Crippen LogP contribution in [0.5, 0.6) is 0 Å². The van der Waals surface area contributed by atoms with Gasteiger partial charge < -0.3 is 10.4 Å². The first kappa shape index (κ1) is 14.3. The fourth-order valence-corrected chi connectivity index (χ4v) is 2.64. The summed E-state index contributed by atoms with van der Waals surface area (Å²) >= 11 is 0. The van der Waals surface area contributed by atoms with Gasteiger partial charge in [-0.2, -0.15) is 13.2 Å². The Morgan fingerprint density at radius 1 is 1.37 bits per heavy atom. The standard InChI is InChI=1S/C14H18F3NO/c1-13(19)9-18-7-6-11(13)8-10-4-2-3-5-12(10)14(15,16)17/h2-5,11,18-19H,6-9H2,1H3. The zero-order chi connectivity index (χ0) is 14.1. The number of hydrogen-bond acceptors (Lipinski definition) is 2. The van der Waals surface area contributed by atoms with E-state index in [2.05, 4.69) is 5.32 Å². The van der Waals surface area contributed by atoms with E-state index in [4.69, 9.17) is 0 Å². The second-order valence-electron chi connectivity index (χ2n) is 5.38. The molecule has 2 N–H and O–H groups in total. The maximum Gasteiger partial charge on any atom is 0.416 e. The van der Waals surface area contributed by atoms with Crippen molar-refractivity contribution in [3.05, 3.63) is 35.4 Å². The van der Waals surface area contributed by atoms with E-state index >= 15 is 0 Å². The molecule has 106 valence electrons. The highest BCUT2D eigenvalue weighted by atomic mass is 19.4. The lowest BCUT2D eigenvalue weighted by Gasteiger charge is -2.38. The van der Waals surface area contributed by atoms with Gasteiger partial charge in [-0.3, -0.25) is 0 Å². The van der Waals surface area contributed by atoms with Crippen molar-refractivity contribution in [3.8, 4) is 0 Å². The van der Waals surface area contributed by atoms with Gasteiger partial charge in [0.15, 0.2) is 0 Å². The summed E-state index contributed by atoms with van der Waals surface area (Å²) in [4.78, 5) is 0. The Kier molecular flexibility index (Phi) is 3.87. The number of hydrogen-bond donors (Lipinski definition) is 2. The number of rotatable bonds is 2. The Hall–Kier alpha value is -1.07. The Morgan fingerprint density at radius 3 is 2.68 bits per heavy atom. The summed E-state index contributed by atoms with van der Waals surface area (Å²) in [5, 5.41) is 13.3. The molecule has 0 amide bonds. The highest BCUT2D eigenvalue weighted by Crippen LogP contribution is 2.35. The monoisotopic (exact) mass is 273 g/mol. The van der Waals surface area contributed by atoms with Crippen LogP contribution in [-0.4, -0.2) is 23.8 Å². The molecule has 1 aromatic rings. The van der Waals surface area contributed by atoms with Crippen molar-refractivity contribution in [1.82, 2.24) is 5.32 Å². The maximum atomic E-state index is 12.9. The second kappa shape index (κ2) is 5.13. The molecule has 2 atom stereocenters. The van der Waals surface area contributed by atoms with Gasteiger partial charge in [-0.1, -0.05) is 18.2 Å². The fraction of sp³-hybridized carbons (Fsp3) is 0.571. The van der Waals surface area contributed by atoms with Crippen molar-refractivity contribution >= 4 is 0 Å². The van der Waals surface area contributed by atoms with Gasteiger partial charge in [-0.05, 0) is 43.9 Å². The number of alkyl halides is 3. The zero-order valence-electron chi connectivity index (χ0n) is 10.8. The molecule has 0 aromatic heterocycles. The lowest BCUT2D eigenvalue weighted by molar-refractivity contribution is -0.138. The lowest BCUT2D eigenvalue weighted by atomic mass is 9.79. The smallest absolute Gasteiger partial charge is 0.389 e. The minimum Gasteiger partial charge on any atom is -0.389 e. The van der Waals surface area contributed by atoms with E-state index in [1.54, 1.807) is 13.0 Å². The van der Waals surface area contributed by atoms with Gasteiger partial charge in [-0.25, -0.2) is 0 Å². The predicted octanol–water partition coefficient (Wildman–Crippen LogP) is 2.61. The molecule has 0 bridgehead atoms. The minimum atomic E-state index is -4.34. The molecule has 2 nitrogen and oxygen atoms in total. The van der Waals surface area contributed by atoms with Crippen LogP contribution in [0.1, 0.15) is 24.5 Å². The van der Waals surface area contributed by atoms with Crippen molar-refractivity contribution in [3.63, 3.8) is 0 Å². The molecule has 0 radical (unpaired) electrons. The van der Waals surface area contributed by atoms with Gasteiger partial charge in [0, 0.05) is 6.54 Å². The SMILES string of the molecule is CC1(O)CNCCC1Cc1ccccc1C(F)(F)F. The molecule has 19 heavy (non-hydrogen) atoms. The van der Waals surface area contributed by atoms with Gasteiger partial charge in [-0.15, -0.1) is 0 Å². The first-order valence-electron chi connectivity index (χ1n) is 6.39. The van der Waals surface area contributed by atoms with Crippen molar-refractivity contribution in [2.45, 2.75) is 31.5 Å². The van der Waals surface area contributed by atoms with E-state index in [0.717, 1.165) is 12.6 Å². The van der Waals surface area contributed by atoms with E-state index in [9.17, 15) is 18.3 Å². The van der Waals surface area contributed by atoms with E-state index in [1.807, 2.05) is 0 Å². The minimum absolute atomic E-state index is 0.155. The number of nitrogens with one attached hydrogen (secondary N) is 1. The van der Waals surface area contributed by atoms with Crippen LogP contribution in [0.15, 0.2) is 24.3 Å². The van der Waals surface area contributed by atoms with E-state index in [1.165, 1.54) is 12.1 Å². The Bertz CT molecular complexity index is 443. The average Bonchev–Trinajstić information content (AvgIpc) is 2.31. The summed E-state index contributed by atoms with van der Waals surface area (Å²) in [5.41, 5.74) is -1.29. The first-order chi connectivity index (χ1) is 8.81. The van der Waals surface area contributed by atoms with Gasteiger partial charge in [0.1, 0.15) is 0 Å². The highest BCUT2D eigenvalue weighted by molar-refractivity contribution is 5.30. The molecule has 1 aromatic carbocycles. The normalized spacial score (nSPS) is 28.4. The maximum absolute atomic E-state index is 12.9. The van der Waals surface area contributed by atoms with Crippen LogP contribution in [0.25, 0.3) is 0 Å². The second-order valence-corrected chi connectivity index (χ2v) is 5.38. The molecule has 0 spiro atoms. The fourth-order valence-electron chi connectivity index (χ4n) is 2.64.